The lowest BCUT2D eigenvalue weighted by Crippen LogP contribution is -2.23. The van der Waals surface area contributed by atoms with Gasteiger partial charge in [-0.25, -0.2) is 5.10 Å². The molecule has 0 aliphatic rings. The van der Waals surface area contributed by atoms with Gasteiger partial charge in [0.1, 0.15) is 6.33 Å². The van der Waals surface area contributed by atoms with Crippen molar-refractivity contribution in [3.63, 3.8) is 0 Å². The lowest BCUT2D eigenvalue weighted by atomic mass is 10.2. The lowest BCUT2D eigenvalue weighted by Gasteiger charge is -2.10. The van der Waals surface area contributed by atoms with E-state index in [9.17, 15) is 4.79 Å². The van der Waals surface area contributed by atoms with Crippen molar-refractivity contribution in [2.75, 3.05) is 5.32 Å². The van der Waals surface area contributed by atoms with Crippen molar-refractivity contribution >= 4 is 23.6 Å². The van der Waals surface area contributed by atoms with E-state index >= 15 is 0 Å². The zero-order valence-corrected chi connectivity index (χ0v) is 10.8. The van der Waals surface area contributed by atoms with Crippen LogP contribution in [-0.4, -0.2) is 26.3 Å². The van der Waals surface area contributed by atoms with E-state index in [1.165, 1.54) is 11.9 Å². The Morgan fingerprint density at radius 1 is 1.44 bits per heavy atom. The van der Waals surface area contributed by atoms with Gasteiger partial charge >= 0.3 is 0 Å². The van der Waals surface area contributed by atoms with Crippen molar-refractivity contribution in [2.45, 2.75) is 17.9 Å². The molecular weight excluding hydrogens is 248 g/mol. The maximum absolute atomic E-state index is 11.8. The van der Waals surface area contributed by atoms with Crippen LogP contribution in [0.15, 0.2) is 36.7 Å². The molecule has 2 rings (SSSR count). The van der Waals surface area contributed by atoms with Crippen molar-refractivity contribution in [3.8, 4) is 0 Å². The van der Waals surface area contributed by atoms with Crippen molar-refractivity contribution in [2.24, 2.45) is 0 Å². The van der Waals surface area contributed by atoms with E-state index in [0.29, 0.717) is 5.95 Å². The molecular formula is C12H14N4OS. The van der Waals surface area contributed by atoms with Crippen molar-refractivity contribution in [3.05, 3.63) is 42.2 Å². The number of nitrogens with zero attached hydrogens (tertiary/aromatic N) is 2. The third kappa shape index (κ3) is 3.59. The van der Waals surface area contributed by atoms with Gasteiger partial charge in [0.15, 0.2) is 0 Å². The Morgan fingerprint density at radius 3 is 2.89 bits per heavy atom. The SMILES string of the molecule is C[C@@H](SCc1ccccc1)C(=O)Nc1ncn[nH]1. The Balaban J connectivity index is 1.81. The van der Waals surface area contributed by atoms with E-state index < -0.39 is 0 Å². The number of hydrogen-bond acceptors (Lipinski definition) is 4. The van der Waals surface area contributed by atoms with Crippen molar-refractivity contribution in [1.82, 2.24) is 15.2 Å². The summed E-state index contributed by atoms with van der Waals surface area (Å²) in [6, 6.07) is 10.1. The molecule has 0 fully saturated rings. The summed E-state index contributed by atoms with van der Waals surface area (Å²) >= 11 is 1.59. The van der Waals surface area contributed by atoms with Gasteiger partial charge in [-0.1, -0.05) is 30.3 Å². The molecule has 1 amide bonds. The van der Waals surface area contributed by atoms with Gasteiger partial charge < -0.3 is 0 Å². The molecule has 0 aliphatic carbocycles. The number of nitrogens with one attached hydrogen (secondary N) is 2. The maximum atomic E-state index is 11.8. The Morgan fingerprint density at radius 2 is 2.22 bits per heavy atom. The van der Waals surface area contributed by atoms with E-state index in [-0.39, 0.29) is 11.2 Å². The molecule has 18 heavy (non-hydrogen) atoms. The predicted octanol–water partition coefficient (Wildman–Crippen LogP) is 2.07. The minimum atomic E-state index is -0.143. The molecule has 0 unspecified atom stereocenters. The summed E-state index contributed by atoms with van der Waals surface area (Å²) in [6.45, 7) is 1.87. The molecule has 1 aromatic heterocycles. The zero-order valence-electron chi connectivity index (χ0n) is 9.96. The molecule has 1 atom stereocenters. The van der Waals surface area contributed by atoms with Crippen LogP contribution in [0.5, 0.6) is 0 Å². The molecule has 0 saturated heterocycles. The van der Waals surface area contributed by atoms with Crippen molar-refractivity contribution in [1.29, 1.82) is 0 Å². The van der Waals surface area contributed by atoms with E-state index in [2.05, 4.69) is 20.5 Å². The monoisotopic (exact) mass is 262 g/mol. The van der Waals surface area contributed by atoms with Gasteiger partial charge in [-0.3, -0.25) is 10.1 Å². The fourth-order valence-corrected chi connectivity index (χ4v) is 2.20. The van der Waals surface area contributed by atoms with E-state index in [4.69, 9.17) is 0 Å². The summed E-state index contributed by atoms with van der Waals surface area (Å²) in [6.07, 6.45) is 1.36. The third-order valence-corrected chi connectivity index (χ3v) is 3.58. The molecule has 1 aromatic carbocycles. The van der Waals surface area contributed by atoms with Crippen LogP contribution in [0.3, 0.4) is 0 Å². The first kappa shape index (κ1) is 12.6. The first-order valence-electron chi connectivity index (χ1n) is 5.57. The summed E-state index contributed by atoms with van der Waals surface area (Å²) in [4.78, 5) is 15.7. The van der Waals surface area contributed by atoms with Gasteiger partial charge in [0.25, 0.3) is 0 Å². The van der Waals surface area contributed by atoms with Gasteiger partial charge in [0.2, 0.25) is 11.9 Å². The first-order valence-corrected chi connectivity index (χ1v) is 6.62. The smallest absolute Gasteiger partial charge is 0.239 e. The maximum Gasteiger partial charge on any atom is 0.239 e. The van der Waals surface area contributed by atoms with Crippen LogP contribution in [0.4, 0.5) is 5.95 Å². The molecule has 0 saturated carbocycles. The number of hydrogen-bond donors (Lipinski definition) is 2. The Kier molecular flexibility index (Phi) is 4.35. The number of aromatic amines is 1. The number of rotatable bonds is 5. The normalized spacial score (nSPS) is 12.1. The highest BCUT2D eigenvalue weighted by molar-refractivity contribution is 7.99. The quantitative estimate of drug-likeness (QED) is 0.865. The molecule has 6 heteroatoms. The molecule has 2 N–H and O–H groups in total. The van der Waals surface area contributed by atoms with Crippen LogP contribution in [0.25, 0.3) is 0 Å². The topological polar surface area (TPSA) is 70.7 Å². The van der Waals surface area contributed by atoms with Crippen LogP contribution >= 0.6 is 11.8 Å². The summed E-state index contributed by atoms with van der Waals surface area (Å²) in [7, 11) is 0. The number of thioether (sulfide) groups is 1. The van der Waals surface area contributed by atoms with Crippen LogP contribution < -0.4 is 5.32 Å². The summed E-state index contributed by atoms with van der Waals surface area (Å²) in [5, 5.41) is 8.79. The fourth-order valence-electron chi connectivity index (χ4n) is 1.36. The Hall–Kier alpha value is -1.82. The molecule has 94 valence electrons. The highest BCUT2D eigenvalue weighted by atomic mass is 32.2. The number of aromatic nitrogens is 3. The standard InChI is InChI=1S/C12H14N4OS/c1-9(11(17)15-12-13-8-14-16-12)18-7-10-5-3-2-4-6-10/h2-6,8-9H,7H2,1H3,(H2,13,14,15,16,17)/t9-/m1/s1. The van der Waals surface area contributed by atoms with Gasteiger partial charge in [0.05, 0.1) is 5.25 Å². The van der Waals surface area contributed by atoms with Crippen LogP contribution in [0.2, 0.25) is 0 Å². The number of anilines is 1. The summed E-state index contributed by atoms with van der Waals surface area (Å²) < 4.78 is 0. The number of carbonyl (C=O) groups is 1. The first-order chi connectivity index (χ1) is 8.75. The Bertz CT molecular complexity index is 486. The second-order valence-corrected chi connectivity index (χ2v) is 5.09. The number of carbonyl (C=O) groups excluding carboxylic acids is 1. The largest absolute Gasteiger partial charge is 0.294 e. The average Bonchev–Trinajstić information content (AvgIpc) is 2.90. The molecule has 0 bridgehead atoms. The van der Waals surface area contributed by atoms with E-state index in [1.54, 1.807) is 11.8 Å². The summed E-state index contributed by atoms with van der Waals surface area (Å²) in [5.41, 5.74) is 1.21. The van der Waals surface area contributed by atoms with Crippen molar-refractivity contribution < 1.29 is 4.79 Å². The second kappa shape index (κ2) is 6.20. The van der Waals surface area contributed by atoms with Gasteiger partial charge in [-0.05, 0) is 12.5 Å². The van der Waals surface area contributed by atoms with Crippen LogP contribution in [-0.2, 0) is 10.5 Å². The molecule has 1 heterocycles. The molecule has 5 nitrogen and oxygen atoms in total. The average molecular weight is 262 g/mol. The number of amides is 1. The van der Waals surface area contributed by atoms with Crippen LogP contribution in [0, 0.1) is 0 Å². The second-order valence-electron chi connectivity index (χ2n) is 3.76. The fraction of sp³-hybridized carbons (Fsp3) is 0.250. The number of benzene rings is 1. The van der Waals surface area contributed by atoms with Gasteiger partial charge in [0, 0.05) is 5.75 Å². The van der Waals surface area contributed by atoms with Crippen LogP contribution in [0.1, 0.15) is 12.5 Å². The number of H-pyrrole nitrogens is 1. The van der Waals surface area contributed by atoms with Gasteiger partial charge in [-0.2, -0.15) is 10.1 Å². The molecule has 2 aromatic rings. The van der Waals surface area contributed by atoms with Gasteiger partial charge in [-0.15, -0.1) is 11.8 Å². The summed E-state index contributed by atoms with van der Waals surface area (Å²) in [5.74, 6) is 1.12. The molecule has 0 spiro atoms. The van der Waals surface area contributed by atoms with E-state index in [1.807, 2.05) is 37.3 Å². The minimum absolute atomic E-state index is 0.0762. The minimum Gasteiger partial charge on any atom is -0.294 e. The third-order valence-electron chi connectivity index (χ3n) is 2.37. The highest BCUT2D eigenvalue weighted by Gasteiger charge is 2.14. The predicted molar refractivity (Wildman–Crippen MR) is 72.2 cm³/mol. The van der Waals surface area contributed by atoms with E-state index in [0.717, 1.165) is 5.75 Å². The Labute approximate surface area is 109 Å². The molecule has 0 radical (unpaired) electrons. The zero-order chi connectivity index (χ0) is 12.8. The molecule has 0 aliphatic heterocycles. The highest BCUT2D eigenvalue weighted by Crippen LogP contribution is 2.18. The lowest BCUT2D eigenvalue weighted by molar-refractivity contribution is -0.115.